The summed E-state index contributed by atoms with van der Waals surface area (Å²) in [6.07, 6.45) is 4.26. The van der Waals surface area contributed by atoms with Crippen molar-refractivity contribution in [3.8, 4) is 5.95 Å². The number of ether oxygens (including phenoxy) is 1. The van der Waals surface area contributed by atoms with Gasteiger partial charge in [0.05, 0.1) is 30.6 Å². The fourth-order valence-corrected chi connectivity index (χ4v) is 3.54. The Kier molecular flexibility index (Phi) is 5.31. The number of H-pyrrole nitrogens is 1. The van der Waals surface area contributed by atoms with Gasteiger partial charge in [-0.25, -0.2) is 14.5 Å². The summed E-state index contributed by atoms with van der Waals surface area (Å²) in [6, 6.07) is 4.76. The van der Waals surface area contributed by atoms with Crippen LogP contribution in [0.2, 0.25) is 10.0 Å². The molecule has 1 N–H and O–H groups in total. The van der Waals surface area contributed by atoms with E-state index in [0.717, 1.165) is 5.56 Å². The Balaban J connectivity index is 1.75. The smallest absolute Gasteiger partial charge is 0.341 e. The molecule has 30 heavy (non-hydrogen) atoms. The van der Waals surface area contributed by atoms with Crippen LogP contribution in [-0.4, -0.2) is 42.1 Å². The van der Waals surface area contributed by atoms with Crippen molar-refractivity contribution < 1.29 is 9.53 Å². The highest BCUT2D eigenvalue weighted by Crippen LogP contribution is 2.29. The van der Waals surface area contributed by atoms with E-state index in [0.29, 0.717) is 15.6 Å². The molecule has 0 bridgehead atoms. The number of carbonyl (C=O) groups excluding carboxylic acids is 1. The summed E-state index contributed by atoms with van der Waals surface area (Å²) in [7, 11) is 0. The zero-order chi connectivity index (χ0) is 21.4. The number of fused-ring (bicyclic) bond motifs is 1. The third-order valence-corrected chi connectivity index (χ3v) is 5.11. The molecule has 4 aromatic rings. The molecule has 0 saturated heterocycles. The first-order valence-corrected chi connectivity index (χ1v) is 9.79. The second kappa shape index (κ2) is 7.92. The first-order valence-electron chi connectivity index (χ1n) is 9.03. The van der Waals surface area contributed by atoms with E-state index in [9.17, 15) is 9.59 Å². The predicted molar refractivity (Wildman–Crippen MR) is 112 cm³/mol. The standard InChI is InChI=1S/C19H16Cl2N6O3/c1-3-30-18(29)11-7-22-26(9-11)19-24-15-8-23-27(16(15)17(28)25-19)10(2)13-6-12(20)4-5-14(13)21/h4-10H,3H2,1-2H3,(H,24,25,28)/t10-/m0/s1. The molecule has 3 heterocycles. The Labute approximate surface area is 180 Å². The Morgan fingerprint density at radius 1 is 1.27 bits per heavy atom. The number of carbonyl (C=O) groups is 1. The fraction of sp³-hybridized carbons (Fsp3) is 0.211. The van der Waals surface area contributed by atoms with Crippen molar-refractivity contribution in [1.82, 2.24) is 29.5 Å². The number of hydrogen-bond acceptors (Lipinski definition) is 6. The van der Waals surface area contributed by atoms with Crippen molar-refractivity contribution in [2.45, 2.75) is 19.9 Å². The van der Waals surface area contributed by atoms with Gasteiger partial charge in [0.2, 0.25) is 5.95 Å². The normalized spacial score (nSPS) is 12.3. The van der Waals surface area contributed by atoms with Gasteiger partial charge in [-0.05, 0) is 37.6 Å². The molecule has 0 saturated carbocycles. The van der Waals surface area contributed by atoms with E-state index in [2.05, 4.69) is 20.2 Å². The number of rotatable bonds is 5. The highest BCUT2D eigenvalue weighted by atomic mass is 35.5. The number of aromatic amines is 1. The SMILES string of the molecule is CCOC(=O)c1cnn(-c2nc3cnn([C@@H](C)c4cc(Cl)ccc4Cl)c3c(=O)[nH]2)c1. The summed E-state index contributed by atoms with van der Waals surface area (Å²) < 4.78 is 7.77. The van der Waals surface area contributed by atoms with Crippen LogP contribution in [-0.2, 0) is 4.74 Å². The maximum atomic E-state index is 12.8. The number of aromatic nitrogens is 6. The molecule has 0 aliphatic carbocycles. The van der Waals surface area contributed by atoms with Crippen LogP contribution >= 0.6 is 23.2 Å². The number of halogens is 2. The van der Waals surface area contributed by atoms with Crippen molar-refractivity contribution in [1.29, 1.82) is 0 Å². The van der Waals surface area contributed by atoms with Crippen LogP contribution in [0.3, 0.4) is 0 Å². The number of nitrogens with zero attached hydrogens (tertiary/aromatic N) is 5. The molecule has 11 heteroatoms. The zero-order valence-electron chi connectivity index (χ0n) is 16.0. The van der Waals surface area contributed by atoms with Crippen molar-refractivity contribution in [3.05, 3.63) is 68.3 Å². The molecular formula is C19H16Cl2N6O3. The van der Waals surface area contributed by atoms with Crippen LogP contribution in [0.1, 0.15) is 35.8 Å². The Morgan fingerprint density at radius 3 is 2.83 bits per heavy atom. The van der Waals surface area contributed by atoms with Crippen LogP contribution in [0.15, 0.2) is 41.6 Å². The molecule has 9 nitrogen and oxygen atoms in total. The lowest BCUT2D eigenvalue weighted by Gasteiger charge is -2.15. The average molecular weight is 447 g/mol. The topological polar surface area (TPSA) is 108 Å². The molecule has 1 aromatic carbocycles. The average Bonchev–Trinajstić information content (AvgIpc) is 3.37. The van der Waals surface area contributed by atoms with Gasteiger partial charge in [-0.1, -0.05) is 23.2 Å². The van der Waals surface area contributed by atoms with Crippen LogP contribution < -0.4 is 5.56 Å². The van der Waals surface area contributed by atoms with E-state index in [4.69, 9.17) is 27.9 Å². The highest BCUT2D eigenvalue weighted by Gasteiger charge is 2.20. The molecule has 3 aromatic heterocycles. The largest absolute Gasteiger partial charge is 0.462 e. The van der Waals surface area contributed by atoms with Gasteiger partial charge >= 0.3 is 5.97 Å². The summed E-state index contributed by atoms with van der Waals surface area (Å²) in [5, 5.41) is 9.44. The van der Waals surface area contributed by atoms with Gasteiger partial charge < -0.3 is 4.74 Å². The Hall–Kier alpha value is -3.17. The van der Waals surface area contributed by atoms with Gasteiger partial charge in [0.1, 0.15) is 5.52 Å². The second-order valence-corrected chi connectivity index (χ2v) is 7.29. The fourth-order valence-electron chi connectivity index (χ4n) is 3.09. The number of nitrogens with one attached hydrogen (secondary N) is 1. The van der Waals surface area contributed by atoms with E-state index >= 15 is 0 Å². The molecule has 154 valence electrons. The maximum absolute atomic E-state index is 12.8. The molecule has 0 aliphatic rings. The molecule has 0 spiro atoms. The first-order chi connectivity index (χ1) is 14.4. The van der Waals surface area contributed by atoms with Crippen molar-refractivity contribution in [2.75, 3.05) is 6.61 Å². The molecular weight excluding hydrogens is 431 g/mol. The minimum Gasteiger partial charge on any atom is -0.462 e. The van der Waals surface area contributed by atoms with E-state index in [1.54, 1.807) is 25.1 Å². The highest BCUT2D eigenvalue weighted by molar-refractivity contribution is 6.33. The number of hydrogen-bond donors (Lipinski definition) is 1. The summed E-state index contributed by atoms with van der Waals surface area (Å²) in [5.41, 5.74) is 1.21. The van der Waals surface area contributed by atoms with Crippen LogP contribution in [0.5, 0.6) is 0 Å². The van der Waals surface area contributed by atoms with Crippen LogP contribution in [0, 0.1) is 0 Å². The lowest BCUT2D eigenvalue weighted by Crippen LogP contribution is -2.19. The molecule has 0 fully saturated rings. The summed E-state index contributed by atoms with van der Waals surface area (Å²) in [6.45, 7) is 3.82. The molecule has 0 amide bonds. The first kappa shape index (κ1) is 20.1. The zero-order valence-corrected chi connectivity index (χ0v) is 17.5. The van der Waals surface area contributed by atoms with Gasteiger partial charge in [-0.15, -0.1) is 0 Å². The monoisotopic (exact) mass is 446 g/mol. The lowest BCUT2D eigenvalue weighted by molar-refractivity contribution is 0.0526. The van der Waals surface area contributed by atoms with Crippen molar-refractivity contribution >= 4 is 40.2 Å². The van der Waals surface area contributed by atoms with Gasteiger partial charge in [0.25, 0.3) is 5.56 Å². The third kappa shape index (κ3) is 3.57. The van der Waals surface area contributed by atoms with E-state index in [1.165, 1.54) is 28.0 Å². The molecule has 0 aliphatic heterocycles. The number of benzene rings is 1. The molecule has 1 atom stereocenters. The Morgan fingerprint density at radius 2 is 2.07 bits per heavy atom. The predicted octanol–water partition coefficient (Wildman–Crippen LogP) is 3.40. The van der Waals surface area contributed by atoms with Crippen LogP contribution in [0.25, 0.3) is 17.0 Å². The summed E-state index contributed by atoms with van der Waals surface area (Å²) in [4.78, 5) is 31.8. The molecule has 0 radical (unpaired) electrons. The van der Waals surface area contributed by atoms with Gasteiger partial charge in [-0.3, -0.25) is 14.5 Å². The van der Waals surface area contributed by atoms with E-state index in [-0.39, 0.29) is 29.7 Å². The summed E-state index contributed by atoms with van der Waals surface area (Å²) in [5.74, 6) is -0.358. The van der Waals surface area contributed by atoms with Crippen LogP contribution in [0.4, 0.5) is 0 Å². The van der Waals surface area contributed by atoms with E-state index < -0.39 is 11.5 Å². The van der Waals surface area contributed by atoms with Crippen molar-refractivity contribution in [3.63, 3.8) is 0 Å². The minimum atomic E-state index is -0.507. The van der Waals surface area contributed by atoms with Gasteiger partial charge in [0.15, 0.2) is 5.52 Å². The second-order valence-electron chi connectivity index (χ2n) is 6.45. The molecule has 4 rings (SSSR count). The maximum Gasteiger partial charge on any atom is 0.341 e. The lowest BCUT2D eigenvalue weighted by atomic mass is 10.1. The Bertz CT molecular complexity index is 1310. The van der Waals surface area contributed by atoms with E-state index in [1.807, 2.05) is 6.92 Å². The molecule has 0 unspecified atom stereocenters. The third-order valence-electron chi connectivity index (χ3n) is 4.53. The summed E-state index contributed by atoms with van der Waals surface area (Å²) >= 11 is 12.4. The van der Waals surface area contributed by atoms with Gasteiger partial charge in [0, 0.05) is 16.2 Å². The quantitative estimate of drug-likeness (QED) is 0.470. The van der Waals surface area contributed by atoms with Crippen molar-refractivity contribution in [2.24, 2.45) is 0 Å². The minimum absolute atomic E-state index is 0.149. The van der Waals surface area contributed by atoms with Gasteiger partial charge in [-0.2, -0.15) is 10.2 Å². The number of esters is 1.